The molecule has 2 bridgehead atoms. The van der Waals surface area contributed by atoms with Gasteiger partial charge in [0, 0.05) is 18.2 Å². The average molecular weight is 503 g/mol. The van der Waals surface area contributed by atoms with Crippen molar-refractivity contribution in [1.29, 1.82) is 0 Å². The highest BCUT2D eigenvalue weighted by molar-refractivity contribution is 7.17. The summed E-state index contributed by atoms with van der Waals surface area (Å²) in [6.45, 7) is 3.40. The average Bonchev–Trinajstić information content (AvgIpc) is 3.48. The Morgan fingerprint density at radius 2 is 1.52 bits per heavy atom. The summed E-state index contributed by atoms with van der Waals surface area (Å²) in [5, 5.41) is 11.9. The molecule has 0 saturated carbocycles. The number of thiazole rings is 2. The number of nitrogens with zero attached hydrogens (tertiary/aromatic N) is 3. The van der Waals surface area contributed by atoms with Gasteiger partial charge < -0.3 is 15.3 Å². The maximum Gasteiger partial charge on any atom is 0.335 e. The largest absolute Gasteiger partial charge is 0.478 e. The summed E-state index contributed by atoms with van der Waals surface area (Å²) in [5.74, 6) is -0.212. The van der Waals surface area contributed by atoms with Crippen LogP contribution in [0, 0.1) is 5.92 Å². The smallest absolute Gasteiger partial charge is 0.335 e. The summed E-state index contributed by atoms with van der Waals surface area (Å²) in [6, 6.07) is 11.0. The summed E-state index contributed by atoms with van der Waals surface area (Å²) in [6.07, 6.45) is 2.44. The molecule has 7 rings (SSSR count). The van der Waals surface area contributed by atoms with Gasteiger partial charge in [-0.15, -0.1) is 35.1 Å². The van der Waals surface area contributed by atoms with Gasteiger partial charge >= 0.3 is 5.97 Å². The predicted octanol–water partition coefficient (Wildman–Crippen LogP) is 4.54. The Morgan fingerprint density at radius 1 is 0.939 bits per heavy atom. The quantitative estimate of drug-likeness (QED) is 0.427. The number of hydrogen-bond acceptors (Lipinski definition) is 7. The minimum Gasteiger partial charge on any atom is -0.478 e. The molecule has 0 radical (unpaired) electrons. The fraction of sp³-hybridized carbons (Fsp3) is 0.304. The second-order valence-electron chi connectivity index (χ2n) is 8.09. The van der Waals surface area contributed by atoms with Gasteiger partial charge in [0.15, 0.2) is 0 Å². The van der Waals surface area contributed by atoms with Gasteiger partial charge in [-0.1, -0.05) is 0 Å². The topological polar surface area (TPSA) is 95.4 Å². The summed E-state index contributed by atoms with van der Waals surface area (Å²) in [5.41, 5.74) is 6.19. The number of benzene rings is 2. The highest BCUT2D eigenvalue weighted by atomic mass is 35.5. The van der Waals surface area contributed by atoms with E-state index in [4.69, 9.17) is 5.11 Å². The van der Waals surface area contributed by atoms with E-state index in [1.54, 1.807) is 35.0 Å². The summed E-state index contributed by atoms with van der Waals surface area (Å²) >= 11 is 3.11. The molecule has 1 atom stereocenters. The molecule has 3 saturated heterocycles. The van der Waals surface area contributed by atoms with Gasteiger partial charge in [-0.05, 0) is 68.2 Å². The van der Waals surface area contributed by atoms with E-state index in [0.29, 0.717) is 12.0 Å². The molecule has 7 nitrogen and oxygen atoms in total. The summed E-state index contributed by atoms with van der Waals surface area (Å²) in [7, 11) is 0. The number of aromatic carboxylic acids is 1. The lowest BCUT2D eigenvalue weighted by atomic mass is 9.84. The van der Waals surface area contributed by atoms with Gasteiger partial charge in [0.2, 0.25) is 0 Å². The van der Waals surface area contributed by atoms with Gasteiger partial charge in [-0.25, -0.2) is 14.8 Å². The van der Waals surface area contributed by atoms with Crippen molar-refractivity contribution in [3.8, 4) is 0 Å². The first-order chi connectivity index (χ1) is 15.6. The van der Waals surface area contributed by atoms with Crippen LogP contribution in [0.15, 0.2) is 47.4 Å². The zero-order chi connectivity index (χ0) is 22.1. The minimum absolute atomic E-state index is 0. The molecule has 3 fully saturated rings. The van der Waals surface area contributed by atoms with Crippen molar-refractivity contribution in [3.05, 3.63) is 58.5 Å². The molecule has 0 unspecified atom stereocenters. The first-order valence-electron chi connectivity index (χ1n) is 10.5. The van der Waals surface area contributed by atoms with Crippen LogP contribution < -0.4 is 5.32 Å². The molecule has 0 aliphatic carbocycles. The van der Waals surface area contributed by atoms with Crippen molar-refractivity contribution >= 4 is 67.4 Å². The fourth-order valence-corrected chi connectivity index (χ4v) is 5.69. The number of rotatable bonds is 3. The molecular weight excluding hydrogens is 480 g/mol. The van der Waals surface area contributed by atoms with Gasteiger partial charge in [0.1, 0.15) is 0 Å². The van der Waals surface area contributed by atoms with Crippen molar-refractivity contribution < 1.29 is 14.7 Å². The maximum atomic E-state index is 12.4. The Balaban J connectivity index is 0.000000172. The van der Waals surface area contributed by atoms with Crippen LogP contribution in [0.5, 0.6) is 0 Å². The number of carboxylic acid groups (broad SMARTS) is 1. The lowest BCUT2D eigenvalue weighted by Crippen LogP contribution is -2.57. The number of hydrogen-bond donors (Lipinski definition) is 2. The molecule has 10 heteroatoms. The van der Waals surface area contributed by atoms with Crippen LogP contribution >= 0.6 is 35.1 Å². The summed E-state index contributed by atoms with van der Waals surface area (Å²) in [4.78, 5) is 33.7. The normalized spacial score (nSPS) is 21.2. The molecule has 3 aliphatic heterocycles. The third kappa shape index (κ3) is 5.16. The molecule has 2 aromatic carbocycles. The number of piperidine rings is 3. The van der Waals surface area contributed by atoms with E-state index in [0.717, 1.165) is 32.5 Å². The number of fused-ring (bicyclic) bond motifs is 5. The Labute approximate surface area is 204 Å². The number of carbonyl (C=O) groups excluding carboxylic acids is 1. The number of amides is 1. The van der Waals surface area contributed by atoms with Crippen molar-refractivity contribution in [2.24, 2.45) is 5.92 Å². The van der Waals surface area contributed by atoms with E-state index in [2.05, 4.69) is 20.2 Å². The van der Waals surface area contributed by atoms with Crippen LogP contribution in [-0.4, -0.2) is 57.5 Å². The van der Waals surface area contributed by atoms with Gasteiger partial charge in [-0.3, -0.25) is 4.79 Å². The minimum atomic E-state index is -0.912. The third-order valence-electron chi connectivity index (χ3n) is 6.14. The molecule has 2 aromatic heterocycles. The van der Waals surface area contributed by atoms with Gasteiger partial charge in [0.05, 0.1) is 37.0 Å². The van der Waals surface area contributed by atoms with E-state index in [-0.39, 0.29) is 23.9 Å². The zero-order valence-electron chi connectivity index (χ0n) is 17.6. The van der Waals surface area contributed by atoms with E-state index < -0.39 is 5.97 Å². The van der Waals surface area contributed by atoms with Crippen LogP contribution in [-0.2, 0) is 0 Å². The monoisotopic (exact) mass is 502 g/mol. The Morgan fingerprint density at radius 3 is 2.06 bits per heavy atom. The molecular formula is C23H23ClN4O3S2. The molecule has 0 spiro atoms. The highest BCUT2D eigenvalue weighted by Crippen LogP contribution is 2.28. The van der Waals surface area contributed by atoms with Crippen LogP contribution in [0.25, 0.3) is 20.4 Å². The molecule has 172 valence electrons. The van der Waals surface area contributed by atoms with Crippen LogP contribution in [0.1, 0.15) is 33.6 Å². The van der Waals surface area contributed by atoms with Gasteiger partial charge in [0.25, 0.3) is 5.91 Å². The van der Waals surface area contributed by atoms with E-state index in [1.807, 2.05) is 23.7 Å². The van der Waals surface area contributed by atoms with Crippen molar-refractivity contribution in [3.63, 3.8) is 0 Å². The number of carboxylic acids is 1. The van der Waals surface area contributed by atoms with E-state index in [9.17, 15) is 9.59 Å². The maximum absolute atomic E-state index is 12.4. The molecule has 3 aliphatic rings. The van der Waals surface area contributed by atoms with Crippen molar-refractivity contribution in [1.82, 2.24) is 20.2 Å². The predicted molar refractivity (Wildman–Crippen MR) is 134 cm³/mol. The third-order valence-corrected chi connectivity index (χ3v) is 7.76. The Bertz CT molecular complexity index is 1280. The Hall–Kier alpha value is -2.59. The van der Waals surface area contributed by atoms with E-state index in [1.165, 1.54) is 37.3 Å². The second-order valence-corrected chi connectivity index (χ2v) is 9.87. The zero-order valence-corrected chi connectivity index (χ0v) is 20.1. The first-order valence-corrected chi connectivity index (χ1v) is 12.3. The van der Waals surface area contributed by atoms with Crippen LogP contribution in [0.3, 0.4) is 0 Å². The van der Waals surface area contributed by atoms with Crippen molar-refractivity contribution in [2.45, 2.75) is 18.9 Å². The van der Waals surface area contributed by atoms with Crippen LogP contribution in [0.2, 0.25) is 0 Å². The standard InChI is InChI=1S/C15H17N3OS.C8H5NO2S.ClH/c19-15(11-1-2-14-12(7-11)16-9-20-14)17-13-8-18-5-3-10(13)4-6-18;10-8(11)5-1-2-7-6(3-5)9-4-12-7;/h1-2,7,9-10,13H,3-6,8H2,(H,17,19);1-4H,(H,10,11);1H/t13-;;/m0../s1. The molecule has 33 heavy (non-hydrogen) atoms. The molecule has 4 aromatic rings. The first kappa shape index (κ1) is 23.6. The van der Waals surface area contributed by atoms with Crippen LogP contribution in [0.4, 0.5) is 0 Å². The second kappa shape index (κ2) is 10.1. The number of carbonyl (C=O) groups is 2. The lowest BCUT2D eigenvalue weighted by molar-refractivity contribution is 0.0620. The number of halogens is 1. The lowest BCUT2D eigenvalue weighted by Gasteiger charge is -2.44. The van der Waals surface area contributed by atoms with Crippen molar-refractivity contribution in [2.75, 3.05) is 19.6 Å². The fourth-order valence-electron chi connectivity index (χ4n) is 4.37. The molecule has 2 N–H and O–H groups in total. The SMILES string of the molecule is Cl.O=C(N[C@H]1CN2CCC1CC2)c1ccc2scnc2c1.O=C(O)c1ccc2scnc2c1. The van der Waals surface area contributed by atoms with E-state index >= 15 is 0 Å². The molecule has 1 amide bonds. The number of nitrogens with one attached hydrogen (secondary N) is 1. The molecule has 5 heterocycles. The van der Waals surface area contributed by atoms with Gasteiger partial charge in [-0.2, -0.15) is 0 Å². The summed E-state index contributed by atoms with van der Waals surface area (Å²) < 4.78 is 2.14. The Kier molecular flexibility index (Phi) is 7.23. The number of aromatic nitrogens is 2. The highest BCUT2D eigenvalue weighted by Gasteiger charge is 2.34.